The fourth-order valence-corrected chi connectivity index (χ4v) is 3.84. The number of carbonyl (C=O) groups is 2. The number of methoxy groups -OCH3 is 1. The summed E-state index contributed by atoms with van der Waals surface area (Å²) in [5.41, 5.74) is 2.34. The summed E-state index contributed by atoms with van der Waals surface area (Å²) in [4.78, 5) is 25.4. The van der Waals surface area contributed by atoms with Gasteiger partial charge in [-0.1, -0.05) is 12.1 Å². The van der Waals surface area contributed by atoms with Crippen LogP contribution in [-0.2, 0) is 4.74 Å². The molecule has 0 saturated heterocycles. The number of hydrogen-bond donors (Lipinski definition) is 1. The second-order valence-electron chi connectivity index (χ2n) is 6.21. The van der Waals surface area contributed by atoms with Gasteiger partial charge in [0.15, 0.2) is 0 Å². The maximum atomic E-state index is 12.7. The van der Waals surface area contributed by atoms with Crippen molar-refractivity contribution in [2.24, 2.45) is 0 Å². The summed E-state index contributed by atoms with van der Waals surface area (Å²) in [5.74, 6) is 0.617. The van der Waals surface area contributed by atoms with E-state index in [1.807, 2.05) is 36.6 Å². The average Bonchev–Trinajstić information content (AvgIpc) is 3.18. The Labute approximate surface area is 179 Å². The fourth-order valence-electron chi connectivity index (χ4n) is 2.88. The number of ether oxygens (including phenoxy) is 3. The van der Waals surface area contributed by atoms with Crippen molar-refractivity contribution in [1.29, 1.82) is 0 Å². The third kappa shape index (κ3) is 4.80. The highest BCUT2D eigenvalue weighted by Gasteiger charge is 2.23. The van der Waals surface area contributed by atoms with Gasteiger partial charge in [0.05, 0.1) is 20.3 Å². The number of carbonyl (C=O) groups excluding carboxylic acids is 2. The van der Waals surface area contributed by atoms with Gasteiger partial charge in [0.2, 0.25) is 0 Å². The molecule has 3 rings (SSSR count). The smallest absolute Gasteiger partial charge is 0.341 e. The first-order chi connectivity index (χ1) is 14.6. The molecule has 0 atom stereocenters. The molecule has 30 heavy (non-hydrogen) atoms. The summed E-state index contributed by atoms with van der Waals surface area (Å²) in [6.45, 7) is 4.48. The first-order valence-corrected chi connectivity index (χ1v) is 10.4. The van der Waals surface area contributed by atoms with Crippen molar-refractivity contribution >= 4 is 28.2 Å². The molecule has 1 heterocycles. The van der Waals surface area contributed by atoms with Gasteiger partial charge >= 0.3 is 5.97 Å². The number of amides is 1. The van der Waals surface area contributed by atoms with E-state index in [9.17, 15) is 9.59 Å². The number of esters is 1. The molecule has 0 aliphatic carbocycles. The molecule has 3 aromatic rings. The SMILES string of the molecule is CCOC(=O)c1c(-c2ccc(OCC)cc2)csc1NC(=O)c1ccc(OC)cc1. The van der Waals surface area contributed by atoms with Crippen LogP contribution in [0.2, 0.25) is 0 Å². The van der Waals surface area contributed by atoms with Crippen molar-refractivity contribution in [1.82, 2.24) is 0 Å². The van der Waals surface area contributed by atoms with Crippen LogP contribution in [0.1, 0.15) is 34.6 Å². The van der Waals surface area contributed by atoms with E-state index in [1.165, 1.54) is 11.3 Å². The monoisotopic (exact) mass is 425 g/mol. The van der Waals surface area contributed by atoms with Gasteiger partial charge < -0.3 is 19.5 Å². The lowest BCUT2D eigenvalue weighted by Crippen LogP contribution is -2.14. The molecule has 6 nitrogen and oxygen atoms in total. The quantitative estimate of drug-likeness (QED) is 0.499. The molecular formula is C23H23NO5S. The maximum absolute atomic E-state index is 12.7. The Morgan fingerprint density at radius 1 is 0.933 bits per heavy atom. The first-order valence-electron chi connectivity index (χ1n) is 9.54. The zero-order chi connectivity index (χ0) is 21.5. The van der Waals surface area contributed by atoms with Gasteiger partial charge in [0.25, 0.3) is 5.91 Å². The van der Waals surface area contributed by atoms with E-state index in [2.05, 4.69) is 5.32 Å². The molecule has 7 heteroatoms. The Morgan fingerprint density at radius 3 is 2.20 bits per heavy atom. The third-order valence-electron chi connectivity index (χ3n) is 4.33. The highest BCUT2D eigenvalue weighted by atomic mass is 32.1. The van der Waals surface area contributed by atoms with Crippen LogP contribution in [0.25, 0.3) is 11.1 Å². The van der Waals surface area contributed by atoms with Gasteiger partial charge in [-0.25, -0.2) is 4.79 Å². The molecule has 1 N–H and O–H groups in total. The minimum Gasteiger partial charge on any atom is -0.497 e. The number of benzene rings is 2. The number of hydrogen-bond acceptors (Lipinski definition) is 6. The zero-order valence-corrected chi connectivity index (χ0v) is 17.9. The van der Waals surface area contributed by atoms with Gasteiger partial charge in [-0.15, -0.1) is 11.3 Å². The lowest BCUT2D eigenvalue weighted by atomic mass is 10.0. The molecule has 0 aliphatic rings. The number of thiophene rings is 1. The Morgan fingerprint density at radius 2 is 1.60 bits per heavy atom. The van der Waals surface area contributed by atoms with Gasteiger partial charge in [-0.3, -0.25) is 4.79 Å². The van der Waals surface area contributed by atoms with Crippen LogP contribution in [0.15, 0.2) is 53.9 Å². The van der Waals surface area contributed by atoms with Gasteiger partial charge in [0, 0.05) is 16.5 Å². The number of rotatable bonds is 8. The van der Waals surface area contributed by atoms with Crippen molar-refractivity contribution in [2.45, 2.75) is 13.8 Å². The lowest BCUT2D eigenvalue weighted by molar-refractivity contribution is 0.0529. The van der Waals surface area contributed by atoms with Gasteiger partial charge in [0.1, 0.15) is 22.1 Å². The molecule has 0 fully saturated rings. The summed E-state index contributed by atoms with van der Waals surface area (Å²) in [7, 11) is 1.56. The second kappa shape index (κ2) is 9.93. The van der Waals surface area contributed by atoms with E-state index in [4.69, 9.17) is 14.2 Å². The summed E-state index contributed by atoms with van der Waals surface area (Å²) < 4.78 is 15.8. The van der Waals surface area contributed by atoms with Crippen molar-refractivity contribution in [2.75, 3.05) is 25.6 Å². The summed E-state index contributed by atoms with van der Waals surface area (Å²) >= 11 is 1.28. The van der Waals surface area contributed by atoms with Crippen LogP contribution in [0, 0.1) is 0 Å². The van der Waals surface area contributed by atoms with Crippen LogP contribution in [0.5, 0.6) is 11.5 Å². The highest BCUT2D eigenvalue weighted by molar-refractivity contribution is 7.15. The number of nitrogens with one attached hydrogen (secondary N) is 1. The molecule has 0 aliphatic heterocycles. The predicted molar refractivity (Wildman–Crippen MR) is 118 cm³/mol. The molecule has 0 radical (unpaired) electrons. The zero-order valence-electron chi connectivity index (χ0n) is 17.1. The van der Waals surface area contributed by atoms with Crippen molar-refractivity contribution in [3.05, 3.63) is 65.0 Å². The first kappa shape index (κ1) is 21.4. The fraction of sp³-hybridized carbons (Fsp3) is 0.217. The Bertz CT molecular complexity index is 1010. The van der Waals surface area contributed by atoms with Crippen molar-refractivity contribution < 1.29 is 23.8 Å². The van der Waals surface area contributed by atoms with Crippen molar-refractivity contribution in [3.63, 3.8) is 0 Å². The van der Waals surface area contributed by atoms with Crippen LogP contribution in [-0.4, -0.2) is 32.2 Å². The van der Waals surface area contributed by atoms with E-state index in [-0.39, 0.29) is 12.5 Å². The Hall–Kier alpha value is -3.32. The predicted octanol–water partition coefficient (Wildman–Crippen LogP) is 5.25. The largest absolute Gasteiger partial charge is 0.497 e. The van der Waals surface area contributed by atoms with E-state index in [0.717, 1.165) is 11.3 Å². The summed E-state index contributed by atoms with van der Waals surface area (Å²) in [6, 6.07) is 14.2. The normalized spacial score (nSPS) is 10.4. The molecule has 156 valence electrons. The standard InChI is InChI=1S/C23H23NO5S/c1-4-28-18-12-6-15(7-13-18)19-14-30-22(20(19)23(26)29-5-2)24-21(25)16-8-10-17(27-3)11-9-16/h6-14H,4-5H2,1-3H3,(H,24,25). The molecule has 0 saturated carbocycles. The van der Waals surface area contributed by atoms with E-state index < -0.39 is 5.97 Å². The molecule has 0 unspecified atom stereocenters. The lowest BCUT2D eigenvalue weighted by Gasteiger charge is -2.10. The summed E-state index contributed by atoms with van der Waals surface area (Å²) in [5, 5.41) is 5.12. The Kier molecular flexibility index (Phi) is 7.08. The number of anilines is 1. The van der Waals surface area contributed by atoms with Crippen LogP contribution >= 0.6 is 11.3 Å². The average molecular weight is 426 g/mol. The van der Waals surface area contributed by atoms with Crippen LogP contribution in [0.3, 0.4) is 0 Å². The van der Waals surface area contributed by atoms with Crippen molar-refractivity contribution in [3.8, 4) is 22.6 Å². The Balaban J connectivity index is 1.92. The molecule has 0 spiro atoms. The highest BCUT2D eigenvalue weighted by Crippen LogP contribution is 2.37. The molecule has 0 bridgehead atoms. The van der Waals surface area contributed by atoms with E-state index >= 15 is 0 Å². The second-order valence-corrected chi connectivity index (χ2v) is 7.09. The minimum absolute atomic E-state index is 0.239. The van der Waals surface area contributed by atoms with E-state index in [0.29, 0.717) is 34.0 Å². The van der Waals surface area contributed by atoms with Crippen LogP contribution in [0.4, 0.5) is 5.00 Å². The maximum Gasteiger partial charge on any atom is 0.341 e. The summed E-state index contributed by atoms with van der Waals surface area (Å²) in [6.07, 6.45) is 0. The topological polar surface area (TPSA) is 73.9 Å². The molecule has 2 aromatic carbocycles. The minimum atomic E-state index is -0.479. The molecule has 1 aromatic heterocycles. The van der Waals surface area contributed by atoms with E-state index in [1.54, 1.807) is 38.3 Å². The van der Waals surface area contributed by atoms with Gasteiger partial charge in [-0.2, -0.15) is 0 Å². The molecule has 1 amide bonds. The van der Waals surface area contributed by atoms with Gasteiger partial charge in [-0.05, 0) is 55.8 Å². The third-order valence-corrected chi connectivity index (χ3v) is 5.22. The molecular weight excluding hydrogens is 402 g/mol. The van der Waals surface area contributed by atoms with Crippen LogP contribution < -0.4 is 14.8 Å².